The van der Waals surface area contributed by atoms with Crippen LogP contribution < -0.4 is 10.4 Å². The van der Waals surface area contributed by atoms with Gasteiger partial charge in [-0.3, -0.25) is 4.79 Å². The first-order valence-corrected chi connectivity index (χ1v) is 4.83. The molecule has 0 aromatic heterocycles. The monoisotopic (exact) mass is 238 g/mol. The van der Waals surface area contributed by atoms with Crippen molar-refractivity contribution in [2.45, 2.75) is 6.92 Å². The zero-order chi connectivity index (χ0) is 12.1. The number of amides is 1. The Balaban J connectivity index is 3.07. The van der Waals surface area contributed by atoms with Gasteiger partial charge in [0.25, 0.3) is 0 Å². The minimum Gasteiger partial charge on any atom is -0.543 e. The van der Waals surface area contributed by atoms with Crippen LogP contribution in [0.5, 0.6) is 0 Å². The van der Waals surface area contributed by atoms with Crippen LogP contribution in [0.1, 0.15) is 12.5 Å². The van der Waals surface area contributed by atoms with Gasteiger partial charge in [-0.05, 0) is 17.7 Å². The van der Waals surface area contributed by atoms with Crippen LogP contribution in [0, 0.1) is 0 Å². The fraction of sp³-hybridized carbons (Fsp3) is 0.0909. The van der Waals surface area contributed by atoms with Gasteiger partial charge in [0, 0.05) is 11.9 Å². The fourth-order valence-corrected chi connectivity index (χ4v) is 1.27. The lowest BCUT2D eigenvalue weighted by Gasteiger charge is -2.09. The van der Waals surface area contributed by atoms with E-state index < -0.39 is 11.9 Å². The topological polar surface area (TPSA) is 69.2 Å². The van der Waals surface area contributed by atoms with Crippen LogP contribution in [0.4, 0.5) is 0 Å². The molecule has 1 aromatic carbocycles. The van der Waals surface area contributed by atoms with Gasteiger partial charge in [0.1, 0.15) is 0 Å². The SMILES string of the molecule is CC(=O)N/C(=C\c1ccccc1Cl)C(=O)[O-]. The number of carboxylic acid groups (broad SMARTS) is 1. The van der Waals surface area contributed by atoms with E-state index in [0.717, 1.165) is 0 Å². The van der Waals surface area contributed by atoms with Gasteiger partial charge >= 0.3 is 0 Å². The van der Waals surface area contributed by atoms with E-state index in [0.29, 0.717) is 10.6 Å². The van der Waals surface area contributed by atoms with Gasteiger partial charge in [0.15, 0.2) is 0 Å². The molecule has 0 saturated carbocycles. The molecule has 0 fully saturated rings. The van der Waals surface area contributed by atoms with E-state index in [2.05, 4.69) is 5.32 Å². The van der Waals surface area contributed by atoms with E-state index in [1.807, 2.05) is 0 Å². The summed E-state index contributed by atoms with van der Waals surface area (Å²) in [4.78, 5) is 21.5. The van der Waals surface area contributed by atoms with Crippen molar-refractivity contribution in [3.63, 3.8) is 0 Å². The summed E-state index contributed by atoms with van der Waals surface area (Å²) in [5.74, 6) is -1.95. The molecule has 0 heterocycles. The number of rotatable bonds is 3. The van der Waals surface area contributed by atoms with Crippen LogP contribution >= 0.6 is 11.6 Å². The maximum absolute atomic E-state index is 10.8. The molecule has 0 aliphatic heterocycles. The minimum atomic E-state index is -1.46. The summed E-state index contributed by atoms with van der Waals surface area (Å²) in [6.45, 7) is 1.21. The van der Waals surface area contributed by atoms with Crippen LogP contribution in [0.25, 0.3) is 6.08 Å². The predicted octanol–water partition coefficient (Wildman–Crippen LogP) is 0.567. The van der Waals surface area contributed by atoms with Gasteiger partial charge in [-0.1, -0.05) is 29.8 Å². The van der Waals surface area contributed by atoms with Crippen molar-refractivity contribution in [3.05, 3.63) is 40.5 Å². The third kappa shape index (κ3) is 3.40. The average Bonchev–Trinajstić information content (AvgIpc) is 2.19. The molecule has 0 bridgehead atoms. The number of hydrogen-bond donors (Lipinski definition) is 1. The summed E-state index contributed by atoms with van der Waals surface area (Å²) in [5.41, 5.74) is 0.178. The molecule has 5 heteroatoms. The van der Waals surface area contributed by atoms with Crippen molar-refractivity contribution in [3.8, 4) is 0 Å². The summed E-state index contributed by atoms with van der Waals surface area (Å²) in [7, 11) is 0. The zero-order valence-electron chi connectivity index (χ0n) is 8.49. The Hall–Kier alpha value is -1.81. The second kappa shape index (κ2) is 5.32. The number of aliphatic carboxylic acids is 1. The molecular formula is C11H9ClNO3-. The average molecular weight is 239 g/mol. The van der Waals surface area contributed by atoms with Gasteiger partial charge in [0.05, 0.1) is 11.7 Å². The van der Waals surface area contributed by atoms with Crippen LogP contribution in [-0.2, 0) is 9.59 Å². The Kier molecular flexibility index (Phi) is 4.08. The molecular weight excluding hydrogens is 230 g/mol. The highest BCUT2D eigenvalue weighted by Crippen LogP contribution is 2.17. The first-order chi connectivity index (χ1) is 7.50. The quantitative estimate of drug-likeness (QED) is 0.783. The van der Waals surface area contributed by atoms with E-state index in [4.69, 9.17) is 11.6 Å². The predicted molar refractivity (Wildman–Crippen MR) is 58.3 cm³/mol. The normalized spacial score (nSPS) is 11.0. The number of carbonyl (C=O) groups excluding carboxylic acids is 2. The van der Waals surface area contributed by atoms with Crippen molar-refractivity contribution in [1.29, 1.82) is 0 Å². The Morgan fingerprint density at radius 3 is 2.50 bits per heavy atom. The van der Waals surface area contributed by atoms with Crippen molar-refractivity contribution < 1.29 is 14.7 Å². The molecule has 1 amide bonds. The van der Waals surface area contributed by atoms with E-state index >= 15 is 0 Å². The molecule has 1 N–H and O–H groups in total. The molecule has 4 nitrogen and oxygen atoms in total. The number of halogens is 1. The number of carbonyl (C=O) groups is 2. The Morgan fingerprint density at radius 2 is 2.00 bits per heavy atom. The molecule has 84 valence electrons. The highest BCUT2D eigenvalue weighted by molar-refractivity contribution is 6.32. The highest BCUT2D eigenvalue weighted by atomic mass is 35.5. The second-order valence-electron chi connectivity index (χ2n) is 3.05. The van der Waals surface area contributed by atoms with Crippen molar-refractivity contribution >= 4 is 29.6 Å². The van der Waals surface area contributed by atoms with Crippen LogP contribution in [-0.4, -0.2) is 11.9 Å². The maximum Gasteiger partial charge on any atom is 0.221 e. The summed E-state index contributed by atoms with van der Waals surface area (Å²) >= 11 is 5.84. The van der Waals surface area contributed by atoms with Crippen LogP contribution in [0.3, 0.4) is 0 Å². The Bertz CT molecular complexity index is 454. The lowest BCUT2D eigenvalue weighted by molar-refractivity contribution is -0.299. The first kappa shape index (κ1) is 12.3. The number of nitrogens with one attached hydrogen (secondary N) is 1. The standard InChI is InChI=1S/C11H10ClNO3/c1-7(14)13-10(11(15)16)6-8-4-2-3-5-9(8)12/h2-6H,1H3,(H,13,14)(H,15,16)/p-1/b10-6-. The third-order valence-corrected chi connectivity index (χ3v) is 2.08. The summed E-state index contributed by atoms with van der Waals surface area (Å²) in [6.07, 6.45) is 1.25. The lowest BCUT2D eigenvalue weighted by Crippen LogP contribution is -2.34. The van der Waals surface area contributed by atoms with Gasteiger partial charge in [-0.15, -0.1) is 0 Å². The molecule has 0 saturated heterocycles. The molecule has 0 radical (unpaired) electrons. The van der Waals surface area contributed by atoms with E-state index in [9.17, 15) is 14.7 Å². The molecule has 0 spiro atoms. The summed E-state index contributed by atoms with van der Waals surface area (Å²) in [6, 6.07) is 6.68. The van der Waals surface area contributed by atoms with Crippen LogP contribution in [0.2, 0.25) is 5.02 Å². The minimum absolute atomic E-state index is 0.319. The first-order valence-electron chi connectivity index (χ1n) is 4.46. The number of benzene rings is 1. The summed E-state index contributed by atoms with van der Waals surface area (Å²) in [5, 5.41) is 13.3. The molecule has 16 heavy (non-hydrogen) atoms. The zero-order valence-corrected chi connectivity index (χ0v) is 9.25. The van der Waals surface area contributed by atoms with Gasteiger partial charge in [-0.25, -0.2) is 0 Å². The number of hydrogen-bond acceptors (Lipinski definition) is 3. The van der Waals surface area contributed by atoms with Crippen molar-refractivity contribution in [2.24, 2.45) is 0 Å². The molecule has 1 rings (SSSR count). The highest BCUT2D eigenvalue weighted by Gasteiger charge is 2.03. The molecule has 0 aliphatic rings. The lowest BCUT2D eigenvalue weighted by atomic mass is 10.2. The van der Waals surface area contributed by atoms with Crippen molar-refractivity contribution in [1.82, 2.24) is 5.32 Å². The number of carboxylic acids is 1. The van der Waals surface area contributed by atoms with Crippen LogP contribution in [0.15, 0.2) is 30.0 Å². The van der Waals surface area contributed by atoms with Gasteiger partial charge < -0.3 is 15.2 Å². The Morgan fingerprint density at radius 1 is 1.38 bits per heavy atom. The molecule has 0 unspecified atom stereocenters. The van der Waals surface area contributed by atoms with Gasteiger partial charge in [-0.2, -0.15) is 0 Å². The summed E-state index contributed by atoms with van der Waals surface area (Å²) < 4.78 is 0. The Labute approximate surface area is 97.5 Å². The second-order valence-corrected chi connectivity index (χ2v) is 3.46. The molecule has 1 aromatic rings. The largest absolute Gasteiger partial charge is 0.543 e. The van der Waals surface area contributed by atoms with E-state index in [1.54, 1.807) is 24.3 Å². The third-order valence-electron chi connectivity index (χ3n) is 1.74. The van der Waals surface area contributed by atoms with Gasteiger partial charge in [0.2, 0.25) is 5.91 Å². The smallest absolute Gasteiger partial charge is 0.221 e. The van der Waals surface area contributed by atoms with E-state index in [-0.39, 0.29) is 5.70 Å². The molecule has 0 atom stereocenters. The fourth-order valence-electron chi connectivity index (χ4n) is 1.08. The maximum atomic E-state index is 10.8. The van der Waals surface area contributed by atoms with E-state index in [1.165, 1.54) is 13.0 Å². The van der Waals surface area contributed by atoms with Crippen molar-refractivity contribution in [2.75, 3.05) is 0 Å². The molecule has 0 aliphatic carbocycles.